The van der Waals surface area contributed by atoms with Gasteiger partial charge in [0.05, 0.1) is 10.6 Å². The molecule has 2 heterocycles. The number of carbonyl (C=O) groups is 2. The van der Waals surface area contributed by atoms with Gasteiger partial charge in [-0.25, -0.2) is 4.79 Å². The highest BCUT2D eigenvalue weighted by Crippen LogP contribution is 2.27. The summed E-state index contributed by atoms with van der Waals surface area (Å²) in [7, 11) is 0. The fourth-order valence-corrected chi connectivity index (χ4v) is 3.51. The number of carbonyl (C=O) groups excluding carboxylic acids is 1. The Morgan fingerprint density at radius 2 is 1.83 bits per heavy atom. The zero-order valence-corrected chi connectivity index (χ0v) is 17.3. The van der Waals surface area contributed by atoms with Crippen LogP contribution in [0.25, 0.3) is 0 Å². The van der Waals surface area contributed by atoms with Crippen LogP contribution in [-0.4, -0.2) is 42.5 Å². The number of aliphatic carboxylic acids is 1. The van der Waals surface area contributed by atoms with Crippen molar-refractivity contribution in [3.63, 3.8) is 0 Å². The average Bonchev–Trinajstić information content (AvgIpc) is 2.70. The van der Waals surface area contributed by atoms with Crippen LogP contribution in [0.4, 0.5) is 0 Å². The normalized spacial score (nSPS) is 18.1. The first-order valence-electron chi connectivity index (χ1n) is 8.88. The maximum atomic E-state index is 12.9. The molecule has 0 saturated heterocycles. The molecule has 1 atom stereocenters. The number of hydrogen-bond donors (Lipinski definition) is 2. The lowest BCUT2D eigenvalue weighted by Crippen LogP contribution is -2.42. The summed E-state index contributed by atoms with van der Waals surface area (Å²) in [6, 6.07) is 9.20. The Balaban J connectivity index is 1.97. The van der Waals surface area contributed by atoms with Crippen LogP contribution in [0.3, 0.4) is 0 Å². The minimum Gasteiger partial charge on any atom is -0.489 e. The number of fused-ring (bicyclic) bond motifs is 9. The predicted molar refractivity (Wildman–Crippen MR) is 112 cm³/mol. The summed E-state index contributed by atoms with van der Waals surface area (Å²) in [6.07, 6.45) is 5.55. The van der Waals surface area contributed by atoms with Gasteiger partial charge >= 0.3 is 5.97 Å². The van der Waals surface area contributed by atoms with Crippen molar-refractivity contribution < 1.29 is 24.2 Å². The van der Waals surface area contributed by atoms with Crippen molar-refractivity contribution in [2.75, 3.05) is 19.5 Å². The number of ether oxygens (including phenoxy) is 2. The minimum absolute atomic E-state index is 0.0827. The van der Waals surface area contributed by atoms with Gasteiger partial charge in [-0.1, -0.05) is 17.7 Å². The van der Waals surface area contributed by atoms with E-state index in [9.17, 15) is 14.7 Å². The standard InChI is InChI=1S/C21H20ClNO5S/c1-29-14-5-7-18-15(12-14)20(24)23-17(21(25)26)11-13-4-6-19(16(22)10-13)28-9-3-2-8-27-18/h2-7,10,12,17H,8-9,11H2,1H3,(H,23,24)(H,25,26)/b3-2+/t17-/m0/s1. The predicted octanol–water partition coefficient (Wildman–Crippen LogP) is 3.82. The van der Waals surface area contributed by atoms with E-state index >= 15 is 0 Å². The molecular weight excluding hydrogens is 414 g/mol. The second kappa shape index (κ2) is 9.71. The van der Waals surface area contributed by atoms with Crippen molar-refractivity contribution in [1.82, 2.24) is 5.32 Å². The van der Waals surface area contributed by atoms with E-state index in [1.165, 1.54) is 11.8 Å². The third-order valence-electron chi connectivity index (χ3n) is 4.31. The topological polar surface area (TPSA) is 84.9 Å². The van der Waals surface area contributed by atoms with Gasteiger partial charge in [0.2, 0.25) is 0 Å². The first-order valence-corrected chi connectivity index (χ1v) is 10.5. The van der Waals surface area contributed by atoms with Gasteiger partial charge in [0.15, 0.2) is 0 Å². The Bertz CT molecular complexity index is 947. The van der Waals surface area contributed by atoms with E-state index in [1.54, 1.807) is 42.5 Å². The molecule has 0 radical (unpaired) electrons. The number of rotatable bonds is 2. The summed E-state index contributed by atoms with van der Waals surface area (Å²) in [6.45, 7) is 0.538. The molecule has 0 aliphatic carbocycles. The number of benzene rings is 2. The molecule has 0 aromatic heterocycles. The van der Waals surface area contributed by atoms with Crippen molar-refractivity contribution in [1.29, 1.82) is 0 Å². The van der Waals surface area contributed by atoms with E-state index in [4.69, 9.17) is 21.1 Å². The highest BCUT2D eigenvalue weighted by molar-refractivity contribution is 7.98. The van der Waals surface area contributed by atoms with E-state index in [2.05, 4.69) is 5.32 Å². The van der Waals surface area contributed by atoms with E-state index < -0.39 is 17.9 Å². The summed E-state index contributed by atoms with van der Waals surface area (Å²) in [5.74, 6) is -0.764. The van der Waals surface area contributed by atoms with E-state index in [-0.39, 0.29) is 18.6 Å². The molecule has 29 heavy (non-hydrogen) atoms. The van der Waals surface area contributed by atoms with Crippen molar-refractivity contribution >= 4 is 35.2 Å². The van der Waals surface area contributed by atoms with Crippen molar-refractivity contribution in [2.24, 2.45) is 0 Å². The van der Waals surface area contributed by atoms with Gasteiger partial charge in [0.25, 0.3) is 5.91 Å². The summed E-state index contributed by atoms with van der Waals surface area (Å²) in [4.78, 5) is 25.5. The molecule has 2 aromatic carbocycles. The number of thioether (sulfide) groups is 1. The number of nitrogens with one attached hydrogen (secondary N) is 1. The summed E-state index contributed by atoms with van der Waals surface area (Å²) in [5.41, 5.74) is 0.959. The molecule has 0 spiro atoms. The smallest absolute Gasteiger partial charge is 0.326 e. The first-order chi connectivity index (χ1) is 14.0. The summed E-state index contributed by atoms with van der Waals surface area (Å²) < 4.78 is 11.3. The van der Waals surface area contributed by atoms with Crippen molar-refractivity contribution in [2.45, 2.75) is 17.4 Å². The summed E-state index contributed by atoms with van der Waals surface area (Å²) >= 11 is 7.72. The maximum absolute atomic E-state index is 12.9. The molecule has 2 aliphatic rings. The van der Waals surface area contributed by atoms with Crippen LogP contribution in [0, 0.1) is 0 Å². The second-order valence-corrected chi connectivity index (χ2v) is 7.58. The van der Waals surface area contributed by atoms with Gasteiger partial charge in [-0.15, -0.1) is 11.8 Å². The van der Waals surface area contributed by atoms with Crippen molar-refractivity contribution in [3.05, 3.63) is 64.7 Å². The fourth-order valence-electron chi connectivity index (χ4n) is 2.81. The van der Waals surface area contributed by atoms with Crippen LogP contribution in [0.15, 0.2) is 53.4 Å². The molecule has 2 N–H and O–H groups in total. The van der Waals surface area contributed by atoms with Gasteiger partial charge in [-0.05, 0) is 54.3 Å². The number of hydrogen-bond acceptors (Lipinski definition) is 5. The van der Waals surface area contributed by atoms with Gasteiger partial charge in [0, 0.05) is 11.3 Å². The van der Waals surface area contributed by atoms with Crippen LogP contribution >= 0.6 is 23.4 Å². The van der Waals surface area contributed by atoms with Gasteiger partial charge in [-0.2, -0.15) is 0 Å². The number of amides is 1. The molecule has 0 fully saturated rings. The SMILES string of the molecule is CSc1ccc2c(c1)C(=O)N[C@H](C(=O)O)Cc1ccc(c(Cl)c1)OC/C=C/CO2. The molecule has 8 heteroatoms. The lowest BCUT2D eigenvalue weighted by Gasteiger charge is -2.18. The zero-order chi connectivity index (χ0) is 20.8. The van der Waals surface area contributed by atoms with Gasteiger partial charge in [0.1, 0.15) is 30.8 Å². The Hall–Kier alpha value is -2.64. The third kappa shape index (κ3) is 5.46. The lowest BCUT2D eigenvalue weighted by atomic mass is 10.0. The highest BCUT2D eigenvalue weighted by Gasteiger charge is 2.24. The minimum atomic E-state index is -1.14. The second-order valence-electron chi connectivity index (χ2n) is 6.29. The Labute approximate surface area is 177 Å². The average molecular weight is 434 g/mol. The van der Waals surface area contributed by atoms with Crippen LogP contribution in [0.1, 0.15) is 15.9 Å². The third-order valence-corrected chi connectivity index (χ3v) is 5.33. The van der Waals surface area contributed by atoms with E-state index in [1.807, 2.05) is 12.3 Å². The van der Waals surface area contributed by atoms with Crippen LogP contribution in [0.2, 0.25) is 5.02 Å². The molecule has 0 unspecified atom stereocenters. The lowest BCUT2D eigenvalue weighted by molar-refractivity contribution is -0.139. The van der Waals surface area contributed by atoms with Gasteiger partial charge < -0.3 is 19.9 Å². The van der Waals surface area contributed by atoms with Gasteiger partial charge in [-0.3, -0.25) is 4.79 Å². The first kappa shape index (κ1) is 21.1. The quantitative estimate of drug-likeness (QED) is 0.553. The number of carboxylic acids is 1. The largest absolute Gasteiger partial charge is 0.489 e. The molecule has 2 aliphatic heterocycles. The Kier molecular flexibility index (Phi) is 7.06. The zero-order valence-electron chi connectivity index (χ0n) is 15.7. The monoisotopic (exact) mass is 433 g/mol. The Morgan fingerprint density at radius 3 is 2.48 bits per heavy atom. The van der Waals surface area contributed by atoms with Crippen molar-refractivity contribution in [3.8, 4) is 11.5 Å². The van der Waals surface area contributed by atoms with Crippen LogP contribution < -0.4 is 14.8 Å². The van der Waals surface area contributed by atoms with E-state index in [0.29, 0.717) is 28.7 Å². The molecule has 1 amide bonds. The molecule has 2 bridgehead atoms. The van der Waals surface area contributed by atoms with Crippen LogP contribution in [0.5, 0.6) is 11.5 Å². The highest BCUT2D eigenvalue weighted by atomic mass is 35.5. The molecular formula is C21H20ClNO5S. The number of carboxylic acid groups (broad SMARTS) is 1. The van der Waals surface area contributed by atoms with Crippen LogP contribution in [-0.2, 0) is 11.2 Å². The fraction of sp³-hybridized carbons (Fsp3) is 0.238. The molecule has 2 aromatic rings. The maximum Gasteiger partial charge on any atom is 0.326 e. The van der Waals surface area contributed by atoms with E-state index in [0.717, 1.165) is 4.90 Å². The Morgan fingerprint density at radius 1 is 1.14 bits per heavy atom. The summed E-state index contributed by atoms with van der Waals surface area (Å²) in [5, 5.41) is 12.6. The molecule has 4 rings (SSSR count). The number of halogens is 1. The molecule has 152 valence electrons. The molecule has 0 saturated carbocycles. The molecule has 6 nitrogen and oxygen atoms in total.